The van der Waals surface area contributed by atoms with Gasteiger partial charge in [-0.05, 0) is 56.4 Å². The average Bonchev–Trinajstić information content (AvgIpc) is 2.68. The quantitative estimate of drug-likeness (QED) is 0.863. The van der Waals surface area contributed by atoms with Crippen molar-refractivity contribution >= 4 is 5.91 Å². The molecule has 2 saturated heterocycles. The van der Waals surface area contributed by atoms with E-state index in [4.69, 9.17) is 4.74 Å². The van der Waals surface area contributed by atoms with Crippen molar-refractivity contribution in [2.75, 3.05) is 32.8 Å². The van der Waals surface area contributed by atoms with Gasteiger partial charge in [-0.1, -0.05) is 30.3 Å². The fourth-order valence-electron chi connectivity index (χ4n) is 4.08. The van der Waals surface area contributed by atoms with Gasteiger partial charge >= 0.3 is 0 Å². The highest BCUT2D eigenvalue weighted by Gasteiger charge is 2.24. The summed E-state index contributed by atoms with van der Waals surface area (Å²) in [7, 11) is 0. The van der Waals surface area contributed by atoms with Crippen molar-refractivity contribution in [2.45, 2.75) is 45.1 Å². The van der Waals surface area contributed by atoms with E-state index in [2.05, 4.69) is 42.6 Å². The van der Waals surface area contributed by atoms with Gasteiger partial charge in [-0.25, -0.2) is 0 Å². The van der Waals surface area contributed by atoms with E-state index in [0.717, 1.165) is 58.4 Å². The van der Waals surface area contributed by atoms with E-state index in [-0.39, 0.29) is 5.91 Å². The van der Waals surface area contributed by atoms with Crippen molar-refractivity contribution in [3.05, 3.63) is 35.9 Å². The van der Waals surface area contributed by atoms with Crippen molar-refractivity contribution in [1.82, 2.24) is 10.2 Å². The maximum atomic E-state index is 12.5. The zero-order chi connectivity index (χ0) is 17.5. The molecule has 1 aromatic rings. The second kappa shape index (κ2) is 9.35. The summed E-state index contributed by atoms with van der Waals surface area (Å²) in [6.45, 7) is 6.21. The Labute approximate surface area is 151 Å². The number of piperidine rings is 1. The minimum atomic E-state index is 0.261. The van der Waals surface area contributed by atoms with Crippen LogP contribution in [0.5, 0.6) is 0 Å². The Morgan fingerprint density at radius 3 is 2.52 bits per heavy atom. The average molecular weight is 344 g/mol. The number of likely N-dealkylation sites (tertiary alicyclic amines) is 1. The van der Waals surface area contributed by atoms with Gasteiger partial charge < -0.3 is 15.0 Å². The molecule has 1 atom stereocenters. The maximum absolute atomic E-state index is 12.5. The summed E-state index contributed by atoms with van der Waals surface area (Å²) >= 11 is 0. The van der Waals surface area contributed by atoms with E-state index >= 15 is 0 Å². The minimum Gasteiger partial charge on any atom is -0.381 e. The van der Waals surface area contributed by atoms with Crippen LogP contribution in [0.15, 0.2) is 30.3 Å². The van der Waals surface area contributed by atoms with Gasteiger partial charge in [-0.3, -0.25) is 4.79 Å². The molecule has 0 saturated carbocycles. The molecule has 2 aliphatic rings. The fourth-order valence-corrected chi connectivity index (χ4v) is 4.08. The van der Waals surface area contributed by atoms with Crippen molar-refractivity contribution in [3.8, 4) is 0 Å². The maximum Gasteiger partial charge on any atom is 0.236 e. The van der Waals surface area contributed by atoms with Crippen molar-refractivity contribution in [2.24, 2.45) is 11.8 Å². The monoisotopic (exact) mass is 344 g/mol. The first-order valence-corrected chi connectivity index (χ1v) is 9.85. The summed E-state index contributed by atoms with van der Waals surface area (Å²) in [5.41, 5.74) is 1.42. The second-order valence-corrected chi connectivity index (χ2v) is 7.63. The predicted octanol–water partition coefficient (Wildman–Crippen LogP) is 2.87. The molecule has 4 heteroatoms. The van der Waals surface area contributed by atoms with Crippen molar-refractivity contribution in [1.29, 1.82) is 0 Å². The van der Waals surface area contributed by atoms with E-state index in [0.29, 0.717) is 24.4 Å². The number of nitrogens with zero attached hydrogens (tertiary/aromatic N) is 1. The summed E-state index contributed by atoms with van der Waals surface area (Å²) < 4.78 is 5.42. The van der Waals surface area contributed by atoms with Gasteiger partial charge in [0, 0.05) is 32.3 Å². The van der Waals surface area contributed by atoms with Crippen LogP contribution in [-0.2, 0) is 16.0 Å². The molecule has 0 radical (unpaired) electrons. The Kier molecular flexibility index (Phi) is 6.88. The molecule has 1 amide bonds. The normalized spacial score (nSPS) is 21.2. The van der Waals surface area contributed by atoms with Crippen LogP contribution in [0.3, 0.4) is 0 Å². The number of hydrogen-bond donors (Lipinski definition) is 1. The summed E-state index contributed by atoms with van der Waals surface area (Å²) in [6, 6.07) is 11.1. The van der Waals surface area contributed by atoms with Crippen LogP contribution in [0.2, 0.25) is 0 Å². The molecule has 2 heterocycles. The summed E-state index contributed by atoms with van der Waals surface area (Å²) in [5.74, 6) is 1.61. The largest absolute Gasteiger partial charge is 0.381 e. The molecule has 25 heavy (non-hydrogen) atoms. The Hall–Kier alpha value is -1.39. The Morgan fingerprint density at radius 1 is 1.16 bits per heavy atom. The van der Waals surface area contributed by atoms with Crippen LogP contribution in [0.25, 0.3) is 0 Å². The molecule has 1 N–H and O–H groups in total. The lowest BCUT2D eigenvalue weighted by atomic mass is 9.90. The summed E-state index contributed by atoms with van der Waals surface area (Å²) in [6.07, 6.45) is 5.59. The van der Waals surface area contributed by atoms with Gasteiger partial charge in [-0.2, -0.15) is 0 Å². The van der Waals surface area contributed by atoms with Gasteiger partial charge in [0.1, 0.15) is 0 Å². The van der Waals surface area contributed by atoms with Gasteiger partial charge in [0.25, 0.3) is 0 Å². The smallest absolute Gasteiger partial charge is 0.236 e. The summed E-state index contributed by atoms with van der Waals surface area (Å²) in [4.78, 5) is 14.5. The lowest BCUT2D eigenvalue weighted by Crippen LogP contribution is -2.46. The number of carbonyl (C=O) groups excluding carboxylic acids is 1. The van der Waals surface area contributed by atoms with Crippen LogP contribution >= 0.6 is 0 Å². The first kappa shape index (κ1) is 18.4. The molecular weight excluding hydrogens is 312 g/mol. The molecule has 1 aromatic carbocycles. The molecule has 4 nitrogen and oxygen atoms in total. The third kappa shape index (κ3) is 5.55. The van der Waals surface area contributed by atoms with Gasteiger partial charge in [0.15, 0.2) is 0 Å². The Morgan fingerprint density at radius 2 is 1.84 bits per heavy atom. The molecule has 0 aromatic heterocycles. The summed E-state index contributed by atoms with van der Waals surface area (Å²) in [5, 5.41) is 3.45. The van der Waals surface area contributed by atoms with E-state index in [1.807, 2.05) is 4.90 Å². The molecule has 0 aliphatic carbocycles. The minimum absolute atomic E-state index is 0.261. The second-order valence-electron chi connectivity index (χ2n) is 7.63. The molecule has 2 fully saturated rings. The van der Waals surface area contributed by atoms with E-state index in [1.165, 1.54) is 5.56 Å². The number of hydrogen-bond acceptors (Lipinski definition) is 3. The lowest BCUT2D eigenvalue weighted by Gasteiger charge is -2.33. The third-order valence-electron chi connectivity index (χ3n) is 5.88. The zero-order valence-electron chi connectivity index (χ0n) is 15.5. The Bertz CT molecular complexity index is 520. The predicted molar refractivity (Wildman–Crippen MR) is 100 cm³/mol. The number of rotatable bonds is 6. The molecular formula is C21H32N2O2. The van der Waals surface area contributed by atoms with Crippen molar-refractivity contribution in [3.63, 3.8) is 0 Å². The highest BCUT2D eigenvalue weighted by molar-refractivity contribution is 5.78. The van der Waals surface area contributed by atoms with E-state index in [1.54, 1.807) is 0 Å². The number of ether oxygens (including phenoxy) is 1. The third-order valence-corrected chi connectivity index (χ3v) is 5.88. The van der Waals surface area contributed by atoms with Crippen LogP contribution in [0.1, 0.15) is 38.2 Å². The van der Waals surface area contributed by atoms with E-state index in [9.17, 15) is 4.79 Å². The number of benzene rings is 1. The highest BCUT2D eigenvalue weighted by Crippen LogP contribution is 2.22. The SMILES string of the molecule is C[C@H](NCC(=O)N1CCC(Cc2ccccc2)CC1)C1CCOCC1. The standard InChI is InChI=1S/C21H32N2O2/c1-17(20-9-13-25-14-10-20)22-16-21(24)23-11-7-19(8-12-23)15-18-5-3-2-4-6-18/h2-6,17,19-20,22H,7-16H2,1H3/t17-/m0/s1. The molecule has 3 rings (SSSR count). The van der Waals surface area contributed by atoms with E-state index < -0.39 is 0 Å². The molecule has 0 spiro atoms. The van der Waals surface area contributed by atoms with Gasteiger partial charge in [-0.15, -0.1) is 0 Å². The first-order valence-electron chi connectivity index (χ1n) is 9.85. The number of carbonyl (C=O) groups is 1. The van der Waals surface area contributed by atoms with Gasteiger partial charge in [0.05, 0.1) is 6.54 Å². The molecule has 138 valence electrons. The van der Waals surface area contributed by atoms with Gasteiger partial charge in [0.2, 0.25) is 5.91 Å². The fraction of sp³-hybridized carbons (Fsp3) is 0.667. The number of nitrogens with one attached hydrogen (secondary N) is 1. The number of amides is 1. The highest BCUT2D eigenvalue weighted by atomic mass is 16.5. The topological polar surface area (TPSA) is 41.6 Å². The Balaban J connectivity index is 1.36. The molecule has 2 aliphatic heterocycles. The van der Waals surface area contributed by atoms with Crippen LogP contribution in [-0.4, -0.2) is 49.7 Å². The molecule has 0 unspecified atom stereocenters. The zero-order valence-corrected chi connectivity index (χ0v) is 15.5. The van der Waals surface area contributed by atoms with Crippen LogP contribution in [0.4, 0.5) is 0 Å². The van der Waals surface area contributed by atoms with Crippen molar-refractivity contribution < 1.29 is 9.53 Å². The first-order chi connectivity index (χ1) is 12.2. The van der Waals surface area contributed by atoms with Crippen LogP contribution < -0.4 is 5.32 Å². The van der Waals surface area contributed by atoms with Crippen LogP contribution in [0, 0.1) is 11.8 Å². The molecule has 0 bridgehead atoms. The lowest BCUT2D eigenvalue weighted by molar-refractivity contribution is -0.131.